The van der Waals surface area contributed by atoms with E-state index in [0.29, 0.717) is 23.6 Å². The van der Waals surface area contributed by atoms with Crippen LogP contribution < -0.4 is 10.0 Å². The first kappa shape index (κ1) is 29.0. The number of para-hydroxylation sites is 1. The van der Waals surface area contributed by atoms with Crippen LogP contribution in [0.25, 0.3) is 0 Å². The second-order valence-electron chi connectivity index (χ2n) is 8.27. The summed E-state index contributed by atoms with van der Waals surface area (Å²) in [5.41, 5.74) is -4.96. The lowest BCUT2D eigenvalue weighted by atomic mass is 10.1. The van der Waals surface area contributed by atoms with Crippen molar-refractivity contribution in [1.82, 2.24) is 9.55 Å². The summed E-state index contributed by atoms with van der Waals surface area (Å²) in [7, 11) is -5.72. The lowest BCUT2D eigenvalue weighted by Crippen LogP contribution is -2.30. The Kier molecular flexibility index (Phi) is 9.05. The molecule has 1 aromatic heterocycles. The smallest absolute Gasteiger partial charge is 0.481 e. The number of alkyl halides is 3. The van der Waals surface area contributed by atoms with Crippen LogP contribution in [-0.4, -0.2) is 40.5 Å². The van der Waals surface area contributed by atoms with Crippen molar-refractivity contribution >= 4 is 44.9 Å². The quantitative estimate of drug-likeness (QED) is 0.294. The zero-order chi connectivity index (χ0) is 28.1. The largest absolute Gasteiger partial charge is 0.516 e. The Hall–Kier alpha value is -3.58. The molecule has 0 aliphatic heterocycles. The Morgan fingerprint density at radius 1 is 1.11 bits per heavy atom. The minimum atomic E-state index is -5.72. The number of carbonyl (C=O) groups excluding carboxylic acids is 1. The summed E-state index contributed by atoms with van der Waals surface area (Å²) in [6.07, 6.45) is 2.06. The number of hydrogen-bond acceptors (Lipinski definition) is 5. The highest BCUT2D eigenvalue weighted by Gasteiger charge is 2.46. The van der Waals surface area contributed by atoms with Crippen LogP contribution in [0.2, 0.25) is 5.15 Å². The number of hydrogen-bond donors (Lipinski definition) is 3. The van der Waals surface area contributed by atoms with Crippen LogP contribution in [0.3, 0.4) is 0 Å². The van der Waals surface area contributed by atoms with Crippen LogP contribution in [-0.2, 0) is 34.2 Å². The molecule has 0 saturated carbocycles. The number of carbonyl (C=O) groups is 2. The second kappa shape index (κ2) is 11.9. The number of nitrogens with one attached hydrogen (secondary N) is 2. The van der Waals surface area contributed by atoms with E-state index in [1.807, 2.05) is 6.92 Å². The number of carboxylic acid groups (broad SMARTS) is 1. The van der Waals surface area contributed by atoms with Crippen molar-refractivity contribution < 1.29 is 36.3 Å². The van der Waals surface area contributed by atoms with Gasteiger partial charge >= 0.3 is 21.5 Å². The van der Waals surface area contributed by atoms with Crippen LogP contribution in [0.15, 0.2) is 48.5 Å². The average molecular weight is 573 g/mol. The topological polar surface area (TPSA) is 130 Å². The Labute approximate surface area is 221 Å². The number of rotatable bonds is 11. The zero-order valence-corrected chi connectivity index (χ0v) is 21.6. The molecule has 3 aromatic rings. The number of benzene rings is 2. The van der Waals surface area contributed by atoms with E-state index in [1.165, 1.54) is 22.9 Å². The Bertz CT molecular complexity index is 1420. The van der Waals surface area contributed by atoms with Gasteiger partial charge in [-0.05, 0) is 36.2 Å². The molecule has 2 aromatic carbocycles. The van der Waals surface area contributed by atoms with E-state index in [0.717, 1.165) is 24.5 Å². The molecule has 0 unspecified atom stereocenters. The van der Waals surface area contributed by atoms with Gasteiger partial charge in [0.25, 0.3) is 5.91 Å². The van der Waals surface area contributed by atoms with Crippen molar-refractivity contribution in [1.29, 1.82) is 0 Å². The van der Waals surface area contributed by atoms with Gasteiger partial charge in [-0.2, -0.15) is 21.6 Å². The van der Waals surface area contributed by atoms with Gasteiger partial charge in [0.05, 0.1) is 23.4 Å². The third-order valence-corrected chi connectivity index (χ3v) is 6.85. The van der Waals surface area contributed by atoms with Crippen LogP contribution in [0.5, 0.6) is 0 Å². The van der Waals surface area contributed by atoms with Gasteiger partial charge in [0.1, 0.15) is 5.82 Å². The molecule has 1 heterocycles. The predicted molar refractivity (Wildman–Crippen MR) is 136 cm³/mol. The van der Waals surface area contributed by atoms with E-state index in [2.05, 4.69) is 10.3 Å². The Morgan fingerprint density at radius 3 is 2.37 bits per heavy atom. The Morgan fingerprint density at radius 2 is 1.76 bits per heavy atom. The molecule has 0 radical (unpaired) electrons. The average Bonchev–Trinajstić information content (AvgIpc) is 3.11. The highest BCUT2D eigenvalue weighted by Crippen LogP contribution is 2.28. The minimum Gasteiger partial charge on any atom is -0.481 e. The number of nitrogens with zero attached hydrogens (tertiary/aromatic N) is 2. The molecule has 38 heavy (non-hydrogen) atoms. The van der Waals surface area contributed by atoms with Gasteiger partial charge in [-0.1, -0.05) is 49.2 Å². The van der Waals surface area contributed by atoms with Crippen molar-refractivity contribution in [3.8, 4) is 0 Å². The van der Waals surface area contributed by atoms with Crippen LogP contribution in [0.1, 0.15) is 47.2 Å². The number of carboxylic acids is 1. The monoisotopic (exact) mass is 572 g/mol. The molecule has 3 N–H and O–H groups in total. The van der Waals surface area contributed by atoms with Gasteiger partial charge in [-0.3, -0.25) is 14.3 Å². The number of imidazole rings is 1. The highest BCUT2D eigenvalue weighted by molar-refractivity contribution is 7.93. The van der Waals surface area contributed by atoms with Gasteiger partial charge in [0.15, 0.2) is 5.15 Å². The summed E-state index contributed by atoms with van der Waals surface area (Å²) in [6.45, 7) is 2.29. The molecule has 0 spiro atoms. The number of aromatic nitrogens is 2. The van der Waals surface area contributed by atoms with E-state index in [-0.39, 0.29) is 23.7 Å². The molecule has 0 fully saturated rings. The normalized spacial score (nSPS) is 11.8. The third kappa shape index (κ3) is 7.04. The number of halogens is 4. The summed E-state index contributed by atoms with van der Waals surface area (Å²) in [4.78, 5) is 28.4. The number of aryl methyl sites for hydroxylation is 1. The second-order valence-corrected chi connectivity index (χ2v) is 10.3. The fourth-order valence-electron chi connectivity index (χ4n) is 3.58. The SMILES string of the molecule is CCCCc1nc(Cl)c(CC(=O)O)n1Cc1ccc(NC(=O)c2ccccc2NS(=O)(=O)C(F)(F)F)cc1. The van der Waals surface area contributed by atoms with Crippen molar-refractivity contribution in [3.63, 3.8) is 0 Å². The molecule has 204 valence electrons. The molecule has 14 heteroatoms. The van der Waals surface area contributed by atoms with Crippen molar-refractivity contribution in [2.75, 3.05) is 10.0 Å². The van der Waals surface area contributed by atoms with Crippen LogP contribution >= 0.6 is 11.6 Å². The van der Waals surface area contributed by atoms with E-state index in [4.69, 9.17) is 11.6 Å². The summed E-state index contributed by atoms with van der Waals surface area (Å²) in [5.74, 6) is -1.22. The zero-order valence-electron chi connectivity index (χ0n) is 20.0. The maximum Gasteiger partial charge on any atom is 0.516 e. The molecule has 0 aliphatic carbocycles. The number of anilines is 2. The molecule has 0 bridgehead atoms. The summed E-state index contributed by atoms with van der Waals surface area (Å²) >= 11 is 6.21. The molecule has 0 atom stereocenters. The van der Waals surface area contributed by atoms with Gasteiger partial charge in [-0.25, -0.2) is 4.98 Å². The third-order valence-electron chi connectivity index (χ3n) is 5.45. The summed E-state index contributed by atoms with van der Waals surface area (Å²) in [6, 6.07) is 11.4. The van der Waals surface area contributed by atoms with E-state index >= 15 is 0 Å². The van der Waals surface area contributed by atoms with Gasteiger partial charge < -0.3 is 15.0 Å². The van der Waals surface area contributed by atoms with Gasteiger partial charge in [0.2, 0.25) is 0 Å². The number of unbranched alkanes of at least 4 members (excludes halogenated alkanes) is 1. The van der Waals surface area contributed by atoms with Crippen molar-refractivity contribution in [2.45, 2.75) is 44.7 Å². The lowest BCUT2D eigenvalue weighted by molar-refractivity contribution is -0.136. The number of amides is 1. The number of sulfonamides is 1. The van der Waals surface area contributed by atoms with Crippen molar-refractivity contribution in [3.05, 3.63) is 76.3 Å². The Balaban J connectivity index is 1.79. The first-order valence-corrected chi connectivity index (χ1v) is 13.2. The lowest BCUT2D eigenvalue weighted by Gasteiger charge is -2.14. The first-order valence-electron chi connectivity index (χ1n) is 11.4. The van der Waals surface area contributed by atoms with E-state index in [9.17, 15) is 36.3 Å². The molecular formula is C24H24ClF3N4O5S. The predicted octanol–water partition coefficient (Wildman–Crippen LogP) is 5.07. The van der Waals surface area contributed by atoms with E-state index in [1.54, 1.807) is 28.8 Å². The van der Waals surface area contributed by atoms with Crippen molar-refractivity contribution in [2.24, 2.45) is 0 Å². The first-order chi connectivity index (χ1) is 17.8. The maximum atomic E-state index is 12.8. The molecule has 3 rings (SSSR count). The molecule has 9 nitrogen and oxygen atoms in total. The molecule has 1 amide bonds. The number of aliphatic carboxylic acids is 1. The minimum absolute atomic E-state index is 0.127. The standard InChI is InChI=1S/C24H24ClF3N4O5S/c1-2-3-8-20-30-22(25)19(13-21(33)34)32(20)14-15-9-11-16(12-10-15)29-23(35)17-6-4-5-7-18(17)31-38(36,37)24(26,27)28/h4-7,9-12,31H,2-3,8,13-14H2,1H3,(H,29,35)(H,33,34). The fraction of sp³-hybridized carbons (Fsp3) is 0.292. The molecule has 0 saturated heterocycles. The van der Waals surface area contributed by atoms with Gasteiger partial charge in [-0.15, -0.1) is 0 Å². The summed E-state index contributed by atoms with van der Waals surface area (Å²) < 4.78 is 64.5. The summed E-state index contributed by atoms with van der Waals surface area (Å²) in [5, 5.41) is 11.9. The maximum absolute atomic E-state index is 12.8. The van der Waals surface area contributed by atoms with Crippen LogP contribution in [0, 0.1) is 0 Å². The van der Waals surface area contributed by atoms with E-state index < -0.39 is 33.1 Å². The highest BCUT2D eigenvalue weighted by atomic mass is 35.5. The molecular weight excluding hydrogens is 549 g/mol. The fourth-order valence-corrected chi connectivity index (χ4v) is 4.43. The van der Waals surface area contributed by atoms with Crippen LogP contribution in [0.4, 0.5) is 24.5 Å². The van der Waals surface area contributed by atoms with Gasteiger partial charge in [0, 0.05) is 18.7 Å². The molecule has 0 aliphatic rings.